The van der Waals surface area contributed by atoms with Crippen LogP contribution in [0, 0.1) is 12.5 Å². The van der Waals surface area contributed by atoms with Gasteiger partial charge in [0, 0.05) is 6.42 Å². The van der Waals surface area contributed by atoms with Crippen LogP contribution in [0.15, 0.2) is 29.8 Å². The molecule has 1 aliphatic carbocycles. The topological polar surface area (TPSA) is 21.4 Å². The van der Waals surface area contributed by atoms with Gasteiger partial charge in [0.1, 0.15) is 6.29 Å². The van der Waals surface area contributed by atoms with Crippen LogP contribution >= 0.6 is 0 Å². The summed E-state index contributed by atoms with van der Waals surface area (Å²) in [5.41, 5.74) is 4.53. The van der Waals surface area contributed by atoms with Gasteiger partial charge < -0.3 is 4.79 Å². The molecule has 0 amide bonds. The molecule has 2 rings (SSSR count). The zero-order valence-electron chi connectivity index (χ0n) is 9.94. The smallest absolute Gasteiger partial charge is 0.187 e. The van der Waals surface area contributed by atoms with Gasteiger partial charge in [0.05, 0.1) is 6.57 Å². The molecular formula is C15H15NO. The highest BCUT2D eigenvalue weighted by atomic mass is 16.1. The highest BCUT2D eigenvalue weighted by Crippen LogP contribution is 2.40. The van der Waals surface area contributed by atoms with Crippen molar-refractivity contribution in [2.45, 2.75) is 26.2 Å². The molecule has 0 bridgehead atoms. The minimum absolute atomic E-state index is 0.367. The van der Waals surface area contributed by atoms with Gasteiger partial charge in [-0.3, -0.25) is 0 Å². The van der Waals surface area contributed by atoms with Crippen LogP contribution in [0.4, 0.5) is 5.69 Å². The van der Waals surface area contributed by atoms with Gasteiger partial charge in [0.2, 0.25) is 0 Å². The van der Waals surface area contributed by atoms with Crippen molar-refractivity contribution in [3.63, 3.8) is 0 Å². The Hall–Kier alpha value is -1.88. The van der Waals surface area contributed by atoms with Crippen LogP contribution in [0.1, 0.15) is 31.7 Å². The van der Waals surface area contributed by atoms with Gasteiger partial charge in [0.15, 0.2) is 5.69 Å². The Labute approximate surface area is 102 Å². The summed E-state index contributed by atoms with van der Waals surface area (Å²) in [5, 5.41) is 0. The van der Waals surface area contributed by atoms with Crippen molar-refractivity contribution in [1.82, 2.24) is 0 Å². The number of hydrogen-bond donors (Lipinski definition) is 0. The van der Waals surface area contributed by atoms with E-state index in [0.717, 1.165) is 19.1 Å². The Morgan fingerprint density at radius 2 is 2.12 bits per heavy atom. The Balaban J connectivity index is 2.33. The predicted molar refractivity (Wildman–Crippen MR) is 68.7 cm³/mol. The van der Waals surface area contributed by atoms with E-state index >= 15 is 0 Å². The molecule has 0 aromatic heterocycles. The molecule has 2 heteroatoms. The van der Waals surface area contributed by atoms with E-state index in [0.29, 0.717) is 18.0 Å². The van der Waals surface area contributed by atoms with Crippen LogP contribution in [-0.4, -0.2) is 6.29 Å². The highest BCUT2D eigenvalue weighted by molar-refractivity contribution is 5.75. The number of carbonyl (C=O) groups is 1. The second kappa shape index (κ2) is 4.97. The van der Waals surface area contributed by atoms with Crippen molar-refractivity contribution in [1.29, 1.82) is 0 Å². The van der Waals surface area contributed by atoms with E-state index in [1.54, 1.807) is 0 Å². The molecule has 0 saturated heterocycles. The Morgan fingerprint density at radius 3 is 2.71 bits per heavy atom. The lowest BCUT2D eigenvalue weighted by Crippen LogP contribution is -1.99. The van der Waals surface area contributed by atoms with E-state index in [1.807, 2.05) is 24.3 Å². The Bertz CT molecular complexity index is 491. The first-order valence-electron chi connectivity index (χ1n) is 5.87. The molecule has 0 fully saturated rings. The summed E-state index contributed by atoms with van der Waals surface area (Å²) in [6.45, 7) is 9.08. The number of carbonyl (C=O) groups excluding carboxylic acids is 1. The van der Waals surface area contributed by atoms with Gasteiger partial charge in [0.25, 0.3) is 0 Å². The van der Waals surface area contributed by atoms with Gasteiger partial charge in [-0.15, -0.1) is 0 Å². The van der Waals surface area contributed by atoms with E-state index in [-0.39, 0.29) is 0 Å². The number of rotatable bonds is 3. The third-order valence-corrected chi connectivity index (χ3v) is 3.42. The summed E-state index contributed by atoms with van der Waals surface area (Å²) in [6, 6.07) is 7.68. The van der Waals surface area contributed by atoms with Crippen molar-refractivity contribution >= 4 is 17.5 Å². The molecule has 2 nitrogen and oxygen atoms in total. The predicted octanol–water partition coefficient (Wildman–Crippen LogP) is 4.01. The van der Waals surface area contributed by atoms with Gasteiger partial charge in [-0.25, -0.2) is 4.85 Å². The van der Waals surface area contributed by atoms with Crippen molar-refractivity contribution < 1.29 is 4.79 Å². The Morgan fingerprint density at radius 1 is 1.41 bits per heavy atom. The monoisotopic (exact) mass is 225 g/mol. The van der Waals surface area contributed by atoms with Crippen LogP contribution < -0.4 is 0 Å². The molecule has 1 aliphatic rings. The summed E-state index contributed by atoms with van der Waals surface area (Å²) >= 11 is 0. The second-order valence-electron chi connectivity index (χ2n) is 4.49. The zero-order valence-corrected chi connectivity index (χ0v) is 9.94. The summed E-state index contributed by atoms with van der Waals surface area (Å²) in [7, 11) is 0. The van der Waals surface area contributed by atoms with E-state index in [4.69, 9.17) is 6.57 Å². The molecule has 0 N–H and O–H groups in total. The van der Waals surface area contributed by atoms with E-state index < -0.39 is 0 Å². The van der Waals surface area contributed by atoms with Gasteiger partial charge in [-0.05, 0) is 36.8 Å². The highest BCUT2D eigenvalue weighted by Gasteiger charge is 2.23. The molecule has 1 aromatic rings. The van der Waals surface area contributed by atoms with Crippen LogP contribution in [0.3, 0.4) is 0 Å². The van der Waals surface area contributed by atoms with Crippen LogP contribution in [-0.2, 0) is 4.79 Å². The average molecular weight is 225 g/mol. The minimum atomic E-state index is 0.367. The number of benzene rings is 1. The number of allylic oxidation sites excluding steroid dienone is 2. The van der Waals surface area contributed by atoms with Gasteiger partial charge in [-0.2, -0.15) is 0 Å². The fraction of sp³-hybridized carbons (Fsp3) is 0.333. The third-order valence-electron chi connectivity index (χ3n) is 3.42. The molecule has 86 valence electrons. The van der Waals surface area contributed by atoms with Crippen LogP contribution in [0.25, 0.3) is 10.4 Å². The van der Waals surface area contributed by atoms with E-state index in [2.05, 4.69) is 11.8 Å². The normalized spacial score (nSPS) is 19.2. The first kappa shape index (κ1) is 11.6. The molecule has 1 aromatic carbocycles. The van der Waals surface area contributed by atoms with Crippen molar-refractivity contribution in [2.24, 2.45) is 5.92 Å². The molecule has 1 unspecified atom stereocenters. The van der Waals surface area contributed by atoms with Gasteiger partial charge in [-0.1, -0.05) is 29.8 Å². The maximum Gasteiger partial charge on any atom is 0.187 e. The fourth-order valence-electron chi connectivity index (χ4n) is 2.57. The van der Waals surface area contributed by atoms with Crippen molar-refractivity contribution in [2.75, 3.05) is 0 Å². The van der Waals surface area contributed by atoms with E-state index in [1.165, 1.54) is 16.7 Å². The maximum atomic E-state index is 10.7. The average Bonchev–Trinajstić information content (AvgIpc) is 2.71. The van der Waals surface area contributed by atoms with Crippen LogP contribution in [0.5, 0.6) is 0 Å². The molecular weight excluding hydrogens is 210 g/mol. The lowest BCUT2D eigenvalue weighted by molar-refractivity contribution is -0.108. The van der Waals surface area contributed by atoms with Gasteiger partial charge >= 0.3 is 0 Å². The van der Waals surface area contributed by atoms with Crippen molar-refractivity contribution in [3.05, 3.63) is 46.8 Å². The molecule has 0 saturated carbocycles. The Kier molecular flexibility index (Phi) is 3.39. The molecule has 1 atom stereocenters. The van der Waals surface area contributed by atoms with Crippen molar-refractivity contribution in [3.8, 4) is 0 Å². The SMILES string of the molecule is [C-]#[N+]c1ccc(C2=C(C)CCC2CC=O)cc1. The standard InChI is InChI=1S/C15H15NO/c1-11-3-4-13(9-10-17)15(11)12-5-7-14(16-2)8-6-12/h5-8,10,13H,3-4,9H2,1H3. The van der Waals surface area contributed by atoms with E-state index in [9.17, 15) is 4.79 Å². The largest absolute Gasteiger partial charge is 0.303 e. The lowest BCUT2D eigenvalue weighted by atomic mass is 9.91. The second-order valence-corrected chi connectivity index (χ2v) is 4.49. The fourth-order valence-corrected chi connectivity index (χ4v) is 2.57. The summed E-state index contributed by atoms with van der Waals surface area (Å²) in [6.07, 6.45) is 3.77. The molecule has 17 heavy (non-hydrogen) atoms. The quantitative estimate of drug-likeness (QED) is 0.562. The minimum Gasteiger partial charge on any atom is -0.303 e. The number of nitrogens with zero attached hydrogens (tertiary/aromatic N) is 1. The summed E-state index contributed by atoms with van der Waals surface area (Å²) < 4.78 is 0. The number of aldehydes is 1. The third kappa shape index (κ3) is 2.29. The maximum absolute atomic E-state index is 10.7. The molecule has 0 spiro atoms. The zero-order chi connectivity index (χ0) is 12.3. The summed E-state index contributed by atoms with van der Waals surface area (Å²) in [5.74, 6) is 0.367. The first-order valence-corrected chi connectivity index (χ1v) is 5.87. The molecule has 0 radical (unpaired) electrons. The first-order chi connectivity index (χ1) is 8.26. The summed E-state index contributed by atoms with van der Waals surface area (Å²) in [4.78, 5) is 14.1. The number of hydrogen-bond acceptors (Lipinski definition) is 1. The lowest BCUT2D eigenvalue weighted by Gasteiger charge is -2.13. The molecule has 0 heterocycles. The molecule has 0 aliphatic heterocycles. The van der Waals surface area contributed by atoms with Crippen LogP contribution in [0.2, 0.25) is 0 Å².